The van der Waals surface area contributed by atoms with Crippen LogP contribution in [0.4, 0.5) is 0 Å². The Kier molecular flexibility index (Phi) is 7.25. The monoisotopic (exact) mass is 368 g/mol. The fourth-order valence-corrected chi connectivity index (χ4v) is 4.59. The Labute approximate surface area is 150 Å². The van der Waals surface area contributed by atoms with Crippen LogP contribution in [0.2, 0.25) is 0 Å². The quantitative estimate of drug-likeness (QED) is 0.737. The molecule has 0 aromatic heterocycles. The number of unbranched alkanes of at least 4 members (excludes halogenated alkanes) is 1. The molecule has 0 unspecified atom stereocenters. The minimum atomic E-state index is -3.20. The molecule has 1 fully saturated rings. The summed E-state index contributed by atoms with van der Waals surface area (Å²) >= 11 is 0. The number of sulfonamides is 1. The van der Waals surface area contributed by atoms with Gasteiger partial charge in [-0.2, -0.15) is 0 Å². The number of hydrogen-bond donors (Lipinski definition) is 0. The number of benzene rings is 1. The third-order valence-electron chi connectivity index (χ3n) is 4.47. The van der Waals surface area contributed by atoms with Crippen LogP contribution in [0.25, 0.3) is 0 Å². The van der Waals surface area contributed by atoms with Crippen LogP contribution >= 0.6 is 0 Å². The molecular formula is C18H28N2O4S. The van der Waals surface area contributed by atoms with E-state index in [1.54, 1.807) is 16.3 Å². The fourth-order valence-electron chi connectivity index (χ4n) is 2.91. The molecule has 2 rings (SSSR count). The molecule has 1 aromatic carbocycles. The molecule has 1 aromatic rings. The van der Waals surface area contributed by atoms with E-state index in [-0.39, 0.29) is 11.7 Å². The van der Waals surface area contributed by atoms with E-state index in [4.69, 9.17) is 4.74 Å². The van der Waals surface area contributed by atoms with Gasteiger partial charge in [0.2, 0.25) is 15.9 Å². The zero-order chi connectivity index (χ0) is 18.3. The second-order valence-corrected chi connectivity index (χ2v) is 8.42. The zero-order valence-electron chi connectivity index (χ0n) is 15.1. The maximum Gasteiger partial charge on any atom is 0.227 e. The highest BCUT2D eigenvalue weighted by atomic mass is 32.2. The molecule has 1 saturated heterocycles. The maximum absolute atomic E-state index is 12.5. The number of nitrogens with zero attached hydrogens (tertiary/aromatic N) is 2. The standard InChI is InChI=1S/C18H28N2O4S/c1-3-4-14-25(22,23)20-11-5-10-19(12-13-20)18(21)15-16-6-8-17(24-2)9-7-16/h6-9H,3-5,10-15H2,1-2H3. The van der Waals surface area contributed by atoms with Crippen LogP contribution in [0.3, 0.4) is 0 Å². The van der Waals surface area contributed by atoms with Crippen molar-refractivity contribution in [2.75, 3.05) is 39.0 Å². The highest BCUT2D eigenvalue weighted by molar-refractivity contribution is 7.89. The minimum absolute atomic E-state index is 0.0398. The predicted molar refractivity (Wildman–Crippen MR) is 98.2 cm³/mol. The molecule has 0 atom stereocenters. The molecule has 0 bridgehead atoms. The third kappa shape index (κ3) is 5.71. The smallest absolute Gasteiger partial charge is 0.227 e. The normalized spacial score (nSPS) is 16.5. The highest BCUT2D eigenvalue weighted by Crippen LogP contribution is 2.14. The van der Waals surface area contributed by atoms with Crippen LogP contribution in [0.5, 0.6) is 5.75 Å². The van der Waals surface area contributed by atoms with E-state index >= 15 is 0 Å². The van der Waals surface area contributed by atoms with E-state index in [2.05, 4.69) is 0 Å². The molecule has 0 aliphatic carbocycles. The Balaban J connectivity index is 1.92. The molecule has 0 N–H and O–H groups in total. The first-order valence-corrected chi connectivity index (χ1v) is 10.5. The SMILES string of the molecule is CCCCS(=O)(=O)N1CCCN(C(=O)Cc2ccc(OC)cc2)CC1. The Hall–Kier alpha value is -1.60. The van der Waals surface area contributed by atoms with Crippen molar-refractivity contribution in [2.45, 2.75) is 32.6 Å². The van der Waals surface area contributed by atoms with Gasteiger partial charge in [0.05, 0.1) is 19.3 Å². The van der Waals surface area contributed by atoms with Crippen molar-refractivity contribution in [3.05, 3.63) is 29.8 Å². The summed E-state index contributed by atoms with van der Waals surface area (Å²) in [6, 6.07) is 7.45. The van der Waals surface area contributed by atoms with Crippen molar-refractivity contribution < 1.29 is 17.9 Å². The molecule has 0 spiro atoms. The lowest BCUT2D eigenvalue weighted by atomic mass is 10.1. The minimum Gasteiger partial charge on any atom is -0.497 e. The molecule has 1 aliphatic rings. The fraction of sp³-hybridized carbons (Fsp3) is 0.611. The van der Waals surface area contributed by atoms with Gasteiger partial charge in [0, 0.05) is 26.2 Å². The Morgan fingerprint density at radius 3 is 2.48 bits per heavy atom. The predicted octanol–water partition coefficient (Wildman–Crippen LogP) is 1.90. The van der Waals surface area contributed by atoms with Gasteiger partial charge in [0.1, 0.15) is 5.75 Å². The average Bonchev–Trinajstić information content (AvgIpc) is 2.87. The van der Waals surface area contributed by atoms with Gasteiger partial charge in [0.15, 0.2) is 0 Å². The van der Waals surface area contributed by atoms with Crippen molar-refractivity contribution in [2.24, 2.45) is 0 Å². The molecule has 140 valence electrons. The molecule has 7 heteroatoms. The molecule has 1 aliphatic heterocycles. The summed E-state index contributed by atoms with van der Waals surface area (Å²) in [4.78, 5) is 14.3. The van der Waals surface area contributed by atoms with E-state index < -0.39 is 10.0 Å². The second-order valence-electron chi connectivity index (χ2n) is 6.33. The average molecular weight is 368 g/mol. The van der Waals surface area contributed by atoms with Crippen molar-refractivity contribution in [3.8, 4) is 5.75 Å². The number of ether oxygens (including phenoxy) is 1. The second kappa shape index (κ2) is 9.20. The van der Waals surface area contributed by atoms with E-state index in [9.17, 15) is 13.2 Å². The summed E-state index contributed by atoms with van der Waals surface area (Å²) in [7, 11) is -1.59. The number of amides is 1. The first-order chi connectivity index (χ1) is 12.0. The molecule has 0 saturated carbocycles. The van der Waals surface area contributed by atoms with Crippen LogP contribution in [0.15, 0.2) is 24.3 Å². The topological polar surface area (TPSA) is 66.9 Å². The molecule has 1 heterocycles. The number of hydrogen-bond acceptors (Lipinski definition) is 4. The van der Waals surface area contributed by atoms with Crippen LogP contribution < -0.4 is 4.74 Å². The summed E-state index contributed by atoms with van der Waals surface area (Å²) in [6.45, 7) is 3.94. The largest absolute Gasteiger partial charge is 0.497 e. The van der Waals surface area contributed by atoms with Crippen molar-refractivity contribution >= 4 is 15.9 Å². The lowest BCUT2D eigenvalue weighted by Crippen LogP contribution is -2.38. The van der Waals surface area contributed by atoms with Gasteiger partial charge in [-0.05, 0) is 30.5 Å². The first-order valence-electron chi connectivity index (χ1n) is 8.85. The van der Waals surface area contributed by atoms with Gasteiger partial charge in [-0.3, -0.25) is 4.79 Å². The molecule has 6 nitrogen and oxygen atoms in total. The van der Waals surface area contributed by atoms with E-state index in [1.807, 2.05) is 31.2 Å². The van der Waals surface area contributed by atoms with Gasteiger partial charge >= 0.3 is 0 Å². The number of carbonyl (C=O) groups excluding carboxylic acids is 1. The Morgan fingerprint density at radius 1 is 1.12 bits per heavy atom. The van der Waals surface area contributed by atoms with Crippen molar-refractivity contribution in [3.63, 3.8) is 0 Å². The number of rotatable bonds is 7. The van der Waals surface area contributed by atoms with Gasteiger partial charge in [-0.25, -0.2) is 12.7 Å². The lowest BCUT2D eigenvalue weighted by Gasteiger charge is -2.22. The van der Waals surface area contributed by atoms with Gasteiger partial charge in [-0.1, -0.05) is 25.5 Å². The van der Waals surface area contributed by atoms with Gasteiger partial charge in [0.25, 0.3) is 0 Å². The third-order valence-corrected chi connectivity index (χ3v) is 6.43. The number of carbonyl (C=O) groups is 1. The van der Waals surface area contributed by atoms with Crippen molar-refractivity contribution in [1.29, 1.82) is 0 Å². The van der Waals surface area contributed by atoms with E-state index in [0.717, 1.165) is 17.7 Å². The first kappa shape index (κ1) is 19.7. The summed E-state index contributed by atoms with van der Waals surface area (Å²) in [5.74, 6) is 1.00. The Bertz CT molecular complexity index is 658. The van der Waals surface area contributed by atoms with Crippen LogP contribution in [0, 0.1) is 0 Å². The van der Waals surface area contributed by atoms with Crippen LogP contribution in [0.1, 0.15) is 31.7 Å². The summed E-state index contributed by atoms with van der Waals surface area (Å²) in [5, 5.41) is 0. The molecular weight excluding hydrogens is 340 g/mol. The van der Waals surface area contributed by atoms with Gasteiger partial charge in [-0.15, -0.1) is 0 Å². The summed E-state index contributed by atoms with van der Waals surface area (Å²) in [6.07, 6.45) is 2.55. The molecule has 0 radical (unpaired) electrons. The molecule has 1 amide bonds. The van der Waals surface area contributed by atoms with Gasteiger partial charge < -0.3 is 9.64 Å². The van der Waals surface area contributed by atoms with Crippen LogP contribution in [-0.2, 0) is 21.2 Å². The maximum atomic E-state index is 12.5. The summed E-state index contributed by atoms with van der Waals surface area (Å²) < 4.78 is 31.3. The Morgan fingerprint density at radius 2 is 1.84 bits per heavy atom. The lowest BCUT2D eigenvalue weighted by molar-refractivity contribution is -0.130. The zero-order valence-corrected chi connectivity index (χ0v) is 15.9. The molecule has 25 heavy (non-hydrogen) atoms. The summed E-state index contributed by atoms with van der Waals surface area (Å²) in [5.41, 5.74) is 0.933. The highest BCUT2D eigenvalue weighted by Gasteiger charge is 2.26. The van der Waals surface area contributed by atoms with Crippen LogP contribution in [-0.4, -0.2) is 62.6 Å². The van der Waals surface area contributed by atoms with E-state index in [1.165, 1.54) is 0 Å². The van der Waals surface area contributed by atoms with Crippen molar-refractivity contribution in [1.82, 2.24) is 9.21 Å². The van der Waals surface area contributed by atoms with E-state index in [0.29, 0.717) is 45.4 Å². The number of methoxy groups -OCH3 is 1.